The zero-order chi connectivity index (χ0) is 14.0. The summed E-state index contributed by atoms with van der Waals surface area (Å²) in [5.74, 6) is 0.0403. The Kier molecular flexibility index (Phi) is 3.79. The van der Waals surface area contributed by atoms with E-state index in [0.717, 1.165) is 0 Å². The molecule has 0 radical (unpaired) electrons. The number of sulfonamides is 1. The van der Waals surface area contributed by atoms with Crippen molar-refractivity contribution < 1.29 is 8.42 Å². The van der Waals surface area contributed by atoms with Crippen LogP contribution >= 0.6 is 23.2 Å². The van der Waals surface area contributed by atoms with Crippen molar-refractivity contribution in [2.45, 2.75) is 4.90 Å². The van der Waals surface area contributed by atoms with E-state index in [1.165, 1.54) is 30.5 Å². The number of anilines is 2. The van der Waals surface area contributed by atoms with Gasteiger partial charge in [0.25, 0.3) is 10.0 Å². The van der Waals surface area contributed by atoms with Gasteiger partial charge < -0.3 is 5.73 Å². The molecule has 0 saturated carbocycles. The fourth-order valence-electron chi connectivity index (χ4n) is 1.31. The average Bonchev–Trinajstić information content (AvgIpc) is 2.31. The van der Waals surface area contributed by atoms with E-state index in [1.54, 1.807) is 0 Å². The lowest BCUT2D eigenvalue weighted by atomic mass is 10.3. The fourth-order valence-corrected chi connectivity index (χ4v) is 2.99. The Morgan fingerprint density at radius 2 is 1.95 bits per heavy atom. The van der Waals surface area contributed by atoms with Gasteiger partial charge in [0.2, 0.25) is 5.28 Å². The van der Waals surface area contributed by atoms with Crippen LogP contribution in [0.2, 0.25) is 10.3 Å². The molecule has 2 rings (SSSR count). The molecule has 2 aromatic rings. The van der Waals surface area contributed by atoms with Crippen LogP contribution in [0.15, 0.2) is 35.4 Å². The number of benzene rings is 1. The van der Waals surface area contributed by atoms with E-state index >= 15 is 0 Å². The maximum Gasteiger partial charge on any atom is 0.264 e. The van der Waals surface area contributed by atoms with Crippen molar-refractivity contribution in [2.75, 3.05) is 10.5 Å². The lowest BCUT2D eigenvalue weighted by molar-refractivity contribution is 0.601. The van der Waals surface area contributed by atoms with Gasteiger partial charge in [0, 0.05) is 11.9 Å². The topological polar surface area (TPSA) is 98.0 Å². The van der Waals surface area contributed by atoms with Crippen LogP contribution in [0.1, 0.15) is 0 Å². The smallest absolute Gasteiger partial charge is 0.264 e. The molecule has 6 nitrogen and oxygen atoms in total. The first-order chi connectivity index (χ1) is 8.88. The van der Waals surface area contributed by atoms with Gasteiger partial charge in [-0.3, -0.25) is 4.72 Å². The van der Waals surface area contributed by atoms with Crippen molar-refractivity contribution in [1.82, 2.24) is 9.97 Å². The maximum absolute atomic E-state index is 12.1. The SMILES string of the molecule is Nc1ccc(Cl)c(S(=O)(=O)Nc2ccnc(Cl)n2)c1. The fraction of sp³-hybridized carbons (Fsp3) is 0. The number of nitrogens with zero attached hydrogens (tertiary/aromatic N) is 2. The third-order valence-corrected chi connectivity index (χ3v) is 4.13. The minimum atomic E-state index is -3.89. The molecule has 0 unspecified atom stereocenters. The summed E-state index contributed by atoms with van der Waals surface area (Å²) in [7, 11) is -3.89. The van der Waals surface area contributed by atoms with Gasteiger partial charge >= 0.3 is 0 Å². The average molecular weight is 319 g/mol. The quantitative estimate of drug-likeness (QED) is 0.667. The number of nitrogens with one attached hydrogen (secondary N) is 1. The molecule has 0 fully saturated rings. The summed E-state index contributed by atoms with van der Waals surface area (Å²) in [6, 6.07) is 5.53. The molecule has 0 aliphatic heterocycles. The van der Waals surface area contributed by atoms with Gasteiger partial charge in [-0.2, -0.15) is 4.98 Å². The molecule has 0 saturated heterocycles. The van der Waals surface area contributed by atoms with Gasteiger partial charge in [-0.1, -0.05) is 11.6 Å². The summed E-state index contributed by atoms with van der Waals surface area (Å²) in [6.45, 7) is 0. The van der Waals surface area contributed by atoms with Crippen molar-refractivity contribution in [3.8, 4) is 0 Å². The first kappa shape index (κ1) is 13.9. The van der Waals surface area contributed by atoms with Gasteiger partial charge in [0.1, 0.15) is 10.7 Å². The number of rotatable bonds is 3. The van der Waals surface area contributed by atoms with E-state index in [1.807, 2.05) is 0 Å². The number of nitrogens with two attached hydrogens (primary N) is 1. The molecule has 9 heteroatoms. The third kappa shape index (κ3) is 3.25. The molecular formula is C10H8Cl2N4O2S. The monoisotopic (exact) mass is 318 g/mol. The first-order valence-corrected chi connectivity index (χ1v) is 7.19. The minimum absolute atomic E-state index is 0.0403. The molecule has 3 N–H and O–H groups in total. The Bertz CT molecular complexity index is 721. The number of hydrogen-bond donors (Lipinski definition) is 2. The van der Waals surface area contributed by atoms with E-state index in [-0.39, 0.29) is 26.7 Å². The Morgan fingerprint density at radius 1 is 1.21 bits per heavy atom. The van der Waals surface area contributed by atoms with Gasteiger partial charge in [-0.15, -0.1) is 0 Å². The van der Waals surface area contributed by atoms with Crippen LogP contribution in [0.4, 0.5) is 11.5 Å². The zero-order valence-corrected chi connectivity index (χ0v) is 11.7. The normalized spacial score (nSPS) is 11.3. The molecule has 0 spiro atoms. The second-order valence-corrected chi connectivity index (χ2v) is 5.90. The molecule has 1 aromatic heterocycles. The van der Waals surface area contributed by atoms with Crippen molar-refractivity contribution in [3.05, 3.63) is 40.8 Å². The lowest BCUT2D eigenvalue weighted by Gasteiger charge is -2.09. The van der Waals surface area contributed by atoms with Crippen molar-refractivity contribution in [2.24, 2.45) is 0 Å². The molecule has 0 amide bonds. The third-order valence-electron chi connectivity index (χ3n) is 2.11. The molecule has 19 heavy (non-hydrogen) atoms. The van der Waals surface area contributed by atoms with Crippen LogP contribution in [0, 0.1) is 0 Å². The van der Waals surface area contributed by atoms with E-state index in [4.69, 9.17) is 28.9 Å². The molecule has 0 aliphatic carbocycles. The summed E-state index contributed by atoms with van der Waals surface area (Å²) >= 11 is 11.4. The van der Waals surface area contributed by atoms with E-state index in [9.17, 15) is 8.42 Å². The Hall–Kier alpha value is -1.57. The molecule has 0 atom stereocenters. The van der Waals surface area contributed by atoms with Crippen molar-refractivity contribution in [1.29, 1.82) is 0 Å². The molecule has 0 bridgehead atoms. The van der Waals surface area contributed by atoms with E-state index in [2.05, 4.69) is 14.7 Å². The lowest BCUT2D eigenvalue weighted by Crippen LogP contribution is -2.15. The van der Waals surface area contributed by atoms with E-state index in [0.29, 0.717) is 0 Å². The Balaban J connectivity index is 2.40. The second-order valence-electron chi connectivity index (χ2n) is 3.51. The van der Waals surface area contributed by atoms with Crippen molar-refractivity contribution >= 4 is 44.7 Å². The van der Waals surface area contributed by atoms with Crippen LogP contribution in [-0.4, -0.2) is 18.4 Å². The Morgan fingerprint density at radius 3 is 2.63 bits per heavy atom. The maximum atomic E-state index is 12.1. The van der Waals surface area contributed by atoms with Crippen molar-refractivity contribution in [3.63, 3.8) is 0 Å². The first-order valence-electron chi connectivity index (χ1n) is 4.95. The number of halogens is 2. The predicted octanol–water partition coefficient (Wildman–Crippen LogP) is 2.17. The second kappa shape index (κ2) is 5.20. The van der Waals surface area contributed by atoms with E-state index < -0.39 is 10.0 Å². The van der Waals surface area contributed by atoms with Crippen LogP contribution in [0.5, 0.6) is 0 Å². The number of nitrogen functional groups attached to an aromatic ring is 1. The Labute approximate surface area is 119 Å². The standard InChI is InChI=1S/C10H8Cl2N4O2S/c11-7-2-1-6(13)5-8(7)19(17,18)16-9-3-4-14-10(12)15-9/h1-5H,13H2,(H,14,15,16). The zero-order valence-electron chi connectivity index (χ0n) is 9.34. The highest BCUT2D eigenvalue weighted by atomic mass is 35.5. The van der Waals surface area contributed by atoms with Crippen LogP contribution < -0.4 is 10.5 Å². The molecule has 0 aliphatic rings. The largest absolute Gasteiger partial charge is 0.399 e. The minimum Gasteiger partial charge on any atom is -0.399 e. The van der Waals surface area contributed by atoms with Gasteiger partial charge in [0.15, 0.2) is 0 Å². The molecule has 100 valence electrons. The molecule has 1 aromatic carbocycles. The highest BCUT2D eigenvalue weighted by Gasteiger charge is 2.19. The number of aromatic nitrogens is 2. The highest BCUT2D eigenvalue weighted by Crippen LogP contribution is 2.25. The summed E-state index contributed by atoms with van der Waals surface area (Å²) < 4.78 is 26.5. The molecule has 1 heterocycles. The van der Waals surface area contributed by atoms with Gasteiger partial charge in [0.05, 0.1) is 5.02 Å². The van der Waals surface area contributed by atoms with Gasteiger partial charge in [-0.25, -0.2) is 13.4 Å². The number of hydrogen-bond acceptors (Lipinski definition) is 5. The predicted molar refractivity (Wildman–Crippen MR) is 73.7 cm³/mol. The summed E-state index contributed by atoms with van der Waals surface area (Å²) in [5.41, 5.74) is 5.83. The van der Waals surface area contributed by atoms with Gasteiger partial charge in [-0.05, 0) is 35.9 Å². The van der Waals surface area contributed by atoms with Crippen LogP contribution in [0.3, 0.4) is 0 Å². The summed E-state index contributed by atoms with van der Waals surface area (Å²) in [5, 5.41) is -0.0132. The molecular weight excluding hydrogens is 311 g/mol. The summed E-state index contributed by atoms with van der Waals surface area (Å²) in [4.78, 5) is 7.24. The van der Waals surface area contributed by atoms with Crippen LogP contribution in [-0.2, 0) is 10.0 Å². The highest BCUT2D eigenvalue weighted by molar-refractivity contribution is 7.92. The van der Waals surface area contributed by atoms with Crippen LogP contribution in [0.25, 0.3) is 0 Å². The summed E-state index contributed by atoms with van der Waals surface area (Å²) in [6.07, 6.45) is 1.33.